The van der Waals surface area contributed by atoms with Crippen molar-refractivity contribution < 1.29 is 14.3 Å². The van der Waals surface area contributed by atoms with Crippen LogP contribution in [0.5, 0.6) is 0 Å². The first-order valence-corrected chi connectivity index (χ1v) is 6.93. The lowest BCUT2D eigenvalue weighted by atomic mass is 10.1. The lowest BCUT2D eigenvalue weighted by Crippen LogP contribution is -2.34. The van der Waals surface area contributed by atoms with Gasteiger partial charge in [0, 0.05) is 12.0 Å². The van der Waals surface area contributed by atoms with Crippen molar-refractivity contribution in [1.82, 2.24) is 4.90 Å². The van der Waals surface area contributed by atoms with E-state index in [1.807, 2.05) is 30.3 Å². The molecule has 2 aromatic rings. The second-order valence-electron chi connectivity index (χ2n) is 5.31. The van der Waals surface area contributed by atoms with Gasteiger partial charge in [-0.25, -0.2) is 9.69 Å². The van der Waals surface area contributed by atoms with Crippen molar-refractivity contribution in [3.63, 3.8) is 0 Å². The molecular formula is C17H13NO3. The van der Waals surface area contributed by atoms with Crippen molar-refractivity contribution in [3.8, 4) is 0 Å². The molecule has 1 aliphatic heterocycles. The SMILES string of the molecule is O=C1OC2Cc3ccccc3C2N1C(=O)c1ccccc1. The highest BCUT2D eigenvalue weighted by atomic mass is 16.6. The number of ether oxygens (including phenoxy) is 1. The molecule has 1 heterocycles. The van der Waals surface area contributed by atoms with Gasteiger partial charge in [-0.2, -0.15) is 0 Å². The summed E-state index contributed by atoms with van der Waals surface area (Å²) >= 11 is 0. The zero-order valence-corrected chi connectivity index (χ0v) is 11.2. The number of imide groups is 1. The van der Waals surface area contributed by atoms with E-state index in [-0.39, 0.29) is 18.1 Å². The highest BCUT2D eigenvalue weighted by Gasteiger charge is 2.50. The largest absolute Gasteiger partial charge is 0.443 e. The monoisotopic (exact) mass is 279 g/mol. The van der Waals surface area contributed by atoms with Gasteiger partial charge >= 0.3 is 6.09 Å². The number of carbonyl (C=O) groups excluding carboxylic acids is 2. The van der Waals surface area contributed by atoms with Crippen LogP contribution < -0.4 is 0 Å². The van der Waals surface area contributed by atoms with Crippen LogP contribution in [0.3, 0.4) is 0 Å². The number of hydrogen-bond donors (Lipinski definition) is 0. The van der Waals surface area contributed by atoms with E-state index in [4.69, 9.17) is 4.74 Å². The normalized spacial score (nSPS) is 22.7. The number of hydrogen-bond acceptors (Lipinski definition) is 3. The van der Waals surface area contributed by atoms with Crippen molar-refractivity contribution in [2.45, 2.75) is 18.6 Å². The number of rotatable bonds is 1. The molecule has 104 valence electrons. The van der Waals surface area contributed by atoms with Crippen LogP contribution in [0.15, 0.2) is 54.6 Å². The standard InChI is InChI=1S/C17H13NO3/c19-16(11-6-2-1-3-7-11)18-15-13-9-5-4-8-12(13)10-14(15)21-17(18)20/h1-9,14-15H,10H2. The van der Waals surface area contributed by atoms with E-state index >= 15 is 0 Å². The maximum absolute atomic E-state index is 12.6. The highest BCUT2D eigenvalue weighted by molar-refractivity contribution is 6.04. The van der Waals surface area contributed by atoms with Gasteiger partial charge in [0.05, 0.1) is 0 Å². The summed E-state index contributed by atoms with van der Waals surface area (Å²) < 4.78 is 5.39. The van der Waals surface area contributed by atoms with Gasteiger partial charge in [-0.3, -0.25) is 4.79 Å². The number of fused-ring (bicyclic) bond motifs is 3. The lowest BCUT2D eigenvalue weighted by Gasteiger charge is -2.19. The molecule has 0 aromatic heterocycles. The van der Waals surface area contributed by atoms with Gasteiger partial charge in [-0.15, -0.1) is 0 Å². The van der Waals surface area contributed by atoms with Gasteiger partial charge in [-0.1, -0.05) is 42.5 Å². The predicted molar refractivity (Wildman–Crippen MR) is 75.8 cm³/mol. The van der Waals surface area contributed by atoms with Gasteiger partial charge in [-0.05, 0) is 23.3 Å². The molecule has 1 aliphatic carbocycles. The number of benzene rings is 2. The molecule has 1 fully saturated rings. The highest BCUT2D eigenvalue weighted by Crippen LogP contribution is 2.43. The Bertz CT molecular complexity index is 726. The molecule has 0 N–H and O–H groups in total. The van der Waals surface area contributed by atoms with Crippen molar-refractivity contribution in [2.24, 2.45) is 0 Å². The average molecular weight is 279 g/mol. The summed E-state index contributed by atoms with van der Waals surface area (Å²) in [4.78, 5) is 26.0. The fraction of sp³-hybridized carbons (Fsp3) is 0.176. The van der Waals surface area contributed by atoms with Crippen LogP contribution in [0, 0.1) is 0 Å². The van der Waals surface area contributed by atoms with E-state index in [1.165, 1.54) is 4.90 Å². The third kappa shape index (κ3) is 1.76. The predicted octanol–water partition coefficient (Wildman–Crippen LogP) is 2.95. The van der Waals surface area contributed by atoms with Gasteiger partial charge in [0.2, 0.25) is 0 Å². The Morgan fingerprint density at radius 3 is 2.57 bits per heavy atom. The summed E-state index contributed by atoms with van der Waals surface area (Å²) in [5.74, 6) is -0.301. The molecule has 0 radical (unpaired) electrons. The van der Waals surface area contributed by atoms with Crippen molar-refractivity contribution >= 4 is 12.0 Å². The Balaban J connectivity index is 1.75. The molecule has 21 heavy (non-hydrogen) atoms. The summed E-state index contributed by atoms with van der Waals surface area (Å²) in [6.07, 6.45) is -0.138. The van der Waals surface area contributed by atoms with Crippen LogP contribution in [0.1, 0.15) is 27.5 Å². The Morgan fingerprint density at radius 2 is 1.76 bits per heavy atom. The molecule has 2 atom stereocenters. The van der Waals surface area contributed by atoms with Crippen molar-refractivity contribution in [2.75, 3.05) is 0 Å². The minimum absolute atomic E-state index is 0.262. The Hall–Kier alpha value is -2.62. The summed E-state index contributed by atoms with van der Waals surface area (Å²) in [7, 11) is 0. The lowest BCUT2D eigenvalue weighted by molar-refractivity contribution is 0.0774. The Labute approximate surface area is 121 Å². The Morgan fingerprint density at radius 1 is 1.05 bits per heavy atom. The third-order valence-electron chi connectivity index (χ3n) is 4.11. The van der Waals surface area contributed by atoms with Crippen molar-refractivity contribution in [1.29, 1.82) is 0 Å². The Kier molecular flexibility index (Phi) is 2.57. The summed E-state index contributed by atoms with van der Waals surface area (Å²) in [6.45, 7) is 0. The van der Waals surface area contributed by atoms with Crippen molar-refractivity contribution in [3.05, 3.63) is 71.3 Å². The molecule has 2 unspecified atom stereocenters. The molecule has 2 aromatic carbocycles. The summed E-state index contributed by atoms with van der Waals surface area (Å²) in [5.41, 5.74) is 2.66. The van der Waals surface area contributed by atoms with E-state index in [1.54, 1.807) is 24.3 Å². The smallest absolute Gasteiger partial charge is 0.417 e. The van der Waals surface area contributed by atoms with E-state index in [0.29, 0.717) is 12.0 Å². The molecule has 2 amide bonds. The van der Waals surface area contributed by atoms with E-state index in [2.05, 4.69) is 0 Å². The molecule has 2 aliphatic rings. The van der Waals surface area contributed by atoms with Crippen LogP contribution in [0.25, 0.3) is 0 Å². The maximum Gasteiger partial charge on any atom is 0.417 e. The zero-order valence-electron chi connectivity index (χ0n) is 11.2. The third-order valence-corrected chi connectivity index (χ3v) is 4.11. The van der Waals surface area contributed by atoms with Crippen LogP contribution in [-0.2, 0) is 11.2 Å². The van der Waals surface area contributed by atoms with E-state index in [9.17, 15) is 9.59 Å². The number of amides is 2. The molecule has 0 saturated carbocycles. The van der Waals surface area contributed by atoms with Crippen LogP contribution in [-0.4, -0.2) is 23.0 Å². The van der Waals surface area contributed by atoms with E-state index < -0.39 is 6.09 Å². The molecule has 0 bridgehead atoms. The maximum atomic E-state index is 12.6. The molecule has 4 rings (SSSR count). The molecule has 4 nitrogen and oxygen atoms in total. The van der Waals surface area contributed by atoms with Gasteiger partial charge in [0.25, 0.3) is 5.91 Å². The van der Waals surface area contributed by atoms with Crippen LogP contribution >= 0.6 is 0 Å². The molecule has 1 saturated heterocycles. The average Bonchev–Trinajstić information content (AvgIpc) is 3.02. The quantitative estimate of drug-likeness (QED) is 0.806. The van der Waals surface area contributed by atoms with Gasteiger partial charge < -0.3 is 4.74 Å². The summed E-state index contributed by atoms with van der Waals surface area (Å²) in [5, 5.41) is 0. The van der Waals surface area contributed by atoms with Crippen LogP contribution in [0.4, 0.5) is 4.79 Å². The minimum atomic E-state index is -0.548. The van der Waals surface area contributed by atoms with Gasteiger partial charge in [0.15, 0.2) is 0 Å². The second kappa shape index (κ2) is 4.45. The summed E-state index contributed by atoms with van der Waals surface area (Å²) in [6, 6.07) is 16.4. The fourth-order valence-electron chi connectivity index (χ4n) is 3.18. The first-order valence-electron chi connectivity index (χ1n) is 6.93. The first kappa shape index (κ1) is 12.1. The van der Waals surface area contributed by atoms with E-state index in [0.717, 1.165) is 11.1 Å². The zero-order chi connectivity index (χ0) is 14.4. The van der Waals surface area contributed by atoms with Gasteiger partial charge in [0.1, 0.15) is 12.1 Å². The fourth-order valence-corrected chi connectivity index (χ4v) is 3.18. The number of carbonyl (C=O) groups is 2. The number of nitrogens with zero attached hydrogens (tertiary/aromatic N) is 1. The second-order valence-corrected chi connectivity index (χ2v) is 5.31. The molecule has 0 spiro atoms. The molecule has 4 heteroatoms. The molecular weight excluding hydrogens is 266 g/mol. The van der Waals surface area contributed by atoms with Crippen LogP contribution in [0.2, 0.25) is 0 Å². The topological polar surface area (TPSA) is 46.6 Å². The first-order chi connectivity index (χ1) is 10.3. The minimum Gasteiger partial charge on any atom is -0.443 e.